The largest absolute Gasteiger partial charge is 0.508 e. The highest BCUT2D eigenvalue weighted by Crippen LogP contribution is 2.47. The molecule has 0 fully saturated rings. The van der Waals surface area contributed by atoms with E-state index in [4.69, 9.17) is 19.6 Å². The van der Waals surface area contributed by atoms with Gasteiger partial charge in [0.1, 0.15) is 23.3 Å². The van der Waals surface area contributed by atoms with E-state index in [2.05, 4.69) is 4.98 Å². The molecule has 0 aliphatic carbocycles. The SMILES string of the molecule is COc1ccc([C@@H]2c3ccc(O)cc3Oc3ncn(CCO)c(=N)c32)cc1OC. The summed E-state index contributed by atoms with van der Waals surface area (Å²) >= 11 is 0. The second kappa shape index (κ2) is 7.48. The summed E-state index contributed by atoms with van der Waals surface area (Å²) in [5.41, 5.74) is 2.42. The number of phenols is 1. The number of hydrogen-bond acceptors (Lipinski definition) is 7. The Bertz CT molecular complexity index is 1130. The third-order valence-corrected chi connectivity index (χ3v) is 4.97. The number of benzene rings is 2. The Labute approximate surface area is 167 Å². The highest BCUT2D eigenvalue weighted by atomic mass is 16.5. The number of hydrogen-bond donors (Lipinski definition) is 3. The minimum atomic E-state index is -0.375. The van der Waals surface area contributed by atoms with Gasteiger partial charge < -0.3 is 29.0 Å². The molecule has 0 saturated carbocycles. The summed E-state index contributed by atoms with van der Waals surface area (Å²) in [6.07, 6.45) is 1.47. The number of nitrogens with one attached hydrogen (secondary N) is 1. The van der Waals surface area contributed by atoms with Crippen molar-refractivity contribution in [2.45, 2.75) is 12.5 Å². The van der Waals surface area contributed by atoms with Crippen molar-refractivity contribution in [1.82, 2.24) is 9.55 Å². The molecule has 0 amide bonds. The van der Waals surface area contributed by atoms with Crippen LogP contribution < -0.4 is 19.7 Å². The highest BCUT2D eigenvalue weighted by Gasteiger charge is 2.32. The summed E-state index contributed by atoms with van der Waals surface area (Å²) in [4.78, 5) is 4.35. The maximum atomic E-state index is 9.91. The number of ether oxygens (including phenoxy) is 3. The van der Waals surface area contributed by atoms with E-state index in [0.717, 1.165) is 11.1 Å². The Morgan fingerprint density at radius 3 is 2.66 bits per heavy atom. The van der Waals surface area contributed by atoms with Crippen molar-refractivity contribution in [3.8, 4) is 28.9 Å². The van der Waals surface area contributed by atoms with E-state index in [0.29, 0.717) is 28.7 Å². The molecule has 1 aliphatic heterocycles. The molecule has 2 heterocycles. The van der Waals surface area contributed by atoms with Crippen LogP contribution in [0, 0.1) is 5.41 Å². The summed E-state index contributed by atoms with van der Waals surface area (Å²) < 4.78 is 18.3. The lowest BCUT2D eigenvalue weighted by molar-refractivity contribution is 0.271. The van der Waals surface area contributed by atoms with Crippen LogP contribution in [-0.4, -0.2) is 40.6 Å². The molecule has 1 aliphatic rings. The van der Waals surface area contributed by atoms with E-state index in [1.54, 1.807) is 30.9 Å². The molecule has 150 valence electrons. The quantitative estimate of drug-likeness (QED) is 0.479. The number of aromatic nitrogens is 2. The van der Waals surface area contributed by atoms with Crippen molar-refractivity contribution in [2.24, 2.45) is 0 Å². The van der Waals surface area contributed by atoms with E-state index in [1.807, 2.05) is 18.2 Å². The zero-order valence-electron chi connectivity index (χ0n) is 16.0. The Kier molecular flexibility index (Phi) is 4.85. The van der Waals surface area contributed by atoms with Crippen LogP contribution in [0.25, 0.3) is 0 Å². The van der Waals surface area contributed by atoms with E-state index >= 15 is 0 Å². The van der Waals surface area contributed by atoms with Gasteiger partial charge in [-0.3, -0.25) is 5.41 Å². The van der Waals surface area contributed by atoms with Gasteiger partial charge in [-0.1, -0.05) is 12.1 Å². The fraction of sp³-hybridized carbons (Fsp3) is 0.238. The molecule has 0 unspecified atom stereocenters. The van der Waals surface area contributed by atoms with Crippen LogP contribution in [0.1, 0.15) is 22.6 Å². The van der Waals surface area contributed by atoms with Gasteiger partial charge in [0.15, 0.2) is 11.5 Å². The number of aliphatic hydroxyl groups excluding tert-OH is 1. The van der Waals surface area contributed by atoms with Gasteiger partial charge in [0.05, 0.1) is 26.4 Å². The molecule has 8 heteroatoms. The molecule has 4 rings (SSSR count). The van der Waals surface area contributed by atoms with Crippen LogP contribution in [0.5, 0.6) is 28.9 Å². The summed E-state index contributed by atoms with van der Waals surface area (Å²) in [7, 11) is 3.14. The maximum absolute atomic E-state index is 9.91. The Balaban J connectivity index is 1.98. The molecule has 3 aromatic rings. The Morgan fingerprint density at radius 1 is 1.14 bits per heavy atom. The smallest absolute Gasteiger partial charge is 0.228 e. The van der Waals surface area contributed by atoms with Crippen LogP contribution in [0.3, 0.4) is 0 Å². The molecule has 0 spiro atoms. The van der Waals surface area contributed by atoms with Crippen LogP contribution in [0.15, 0.2) is 42.7 Å². The Hall–Kier alpha value is -3.52. The number of nitrogens with zero attached hydrogens (tertiary/aromatic N) is 2. The average molecular weight is 395 g/mol. The first-order valence-electron chi connectivity index (χ1n) is 9.04. The molecular formula is C21H21N3O5. The fourth-order valence-electron chi connectivity index (χ4n) is 3.61. The lowest BCUT2D eigenvalue weighted by atomic mass is 9.83. The lowest BCUT2D eigenvalue weighted by Crippen LogP contribution is -2.30. The predicted molar refractivity (Wildman–Crippen MR) is 104 cm³/mol. The van der Waals surface area contributed by atoms with Crippen molar-refractivity contribution in [1.29, 1.82) is 5.41 Å². The predicted octanol–water partition coefficient (Wildman–Crippen LogP) is 2.36. The number of aliphatic hydroxyl groups is 1. The van der Waals surface area contributed by atoms with Crippen LogP contribution in [0.2, 0.25) is 0 Å². The fourth-order valence-corrected chi connectivity index (χ4v) is 3.61. The van der Waals surface area contributed by atoms with Crippen molar-refractivity contribution < 1.29 is 24.4 Å². The van der Waals surface area contributed by atoms with Gasteiger partial charge in [0, 0.05) is 24.1 Å². The maximum Gasteiger partial charge on any atom is 0.228 e. The minimum absolute atomic E-state index is 0.0793. The van der Waals surface area contributed by atoms with E-state index in [1.165, 1.54) is 12.4 Å². The molecular weight excluding hydrogens is 374 g/mol. The van der Waals surface area contributed by atoms with Crippen LogP contribution in [-0.2, 0) is 6.54 Å². The molecule has 1 atom stereocenters. The molecule has 29 heavy (non-hydrogen) atoms. The Morgan fingerprint density at radius 2 is 1.93 bits per heavy atom. The molecule has 0 bridgehead atoms. The number of phenolic OH excluding ortho intramolecular Hbond substituents is 1. The van der Waals surface area contributed by atoms with E-state index in [9.17, 15) is 10.2 Å². The van der Waals surface area contributed by atoms with Gasteiger partial charge in [-0.25, -0.2) is 4.98 Å². The second-order valence-electron chi connectivity index (χ2n) is 6.60. The van der Waals surface area contributed by atoms with Gasteiger partial charge in [-0.2, -0.15) is 0 Å². The molecule has 0 saturated heterocycles. The van der Waals surface area contributed by atoms with Gasteiger partial charge in [-0.05, 0) is 23.8 Å². The number of methoxy groups -OCH3 is 2. The number of aromatic hydroxyl groups is 1. The summed E-state index contributed by atoms with van der Waals surface area (Å²) in [5, 5.41) is 27.9. The average Bonchev–Trinajstić information content (AvgIpc) is 2.73. The minimum Gasteiger partial charge on any atom is -0.508 e. The van der Waals surface area contributed by atoms with E-state index in [-0.39, 0.29) is 30.3 Å². The molecule has 8 nitrogen and oxygen atoms in total. The van der Waals surface area contributed by atoms with Gasteiger partial charge in [0.25, 0.3) is 0 Å². The monoisotopic (exact) mass is 395 g/mol. The number of rotatable bonds is 5. The molecule has 2 aromatic carbocycles. The van der Waals surface area contributed by atoms with Crippen LogP contribution >= 0.6 is 0 Å². The summed E-state index contributed by atoms with van der Waals surface area (Å²) in [6, 6.07) is 10.5. The van der Waals surface area contributed by atoms with Gasteiger partial charge in [-0.15, -0.1) is 0 Å². The van der Waals surface area contributed by atoms with E-state index < -0.39 is 0 Å². The summed E-state index contributed by atoms with van der Waals surface area (Å²) in [6.45, 7) is 0.142. The number of fused-ring (bicyclic) bond motifs is 2. The topological polar surface area (TPSA) is 110 Å². The highest BCUT2D eigenvalue weighted by molar-refractivity contribution is 5.58. The molecule has 0 radical (unpaired) electrons. The normalized spacial score (nSPS) is 14.5. The van der Waals surface area contributed by atoms with Crippen molar-refractivity contribution in [3.05, 3.63) is 64.9 Å². The van der Waals surface area contributed by atoms with Gasteiger partial charge in [0.2, 0.25) is 5.88 Å². The van der Waals surface area contributed by atoms with Crippen LogP contribution in [0.4, 0.5) is 0 Å². The molecule has 3 N–H and O–H groups in total. The first kappa shape index (κ1) is 18.8. The van der Waals surface area contributed by atoms with Crippen molar-refractivity contribution >= 4 is 0 Å². The molecule has 1 aromatic heterocycles. The third kappa shape index (κ3) is 3.17. The standard InChI is InChI=1S/C21H21N3O5/c1-27-15-6-3-12(9-17(15)28-2)18-14-5-4-13(26)10-16(14)29-21-19(18)20(22)24(7-8-25)11-23-21/h3-6,9-11,18,22,25-26H,7-8H2,1-2H3/t18-/m1/s1. The third-order valence-electron chi connectivity index (χ3n) is 4.97. The van der Waals surface area contributed by atoms with Gasteiger partial charge >= 0.3 is 0 Å². The summed E-state index contributed by atoms with van der Waals surface area (Å²) in [5.74, 6) is 1.64. The first-order valence-corrected chi connectivity index (χ1v) is 9.04. The zero-order valence-corrected chi connectivity index (χ0v) is 16.0. The zero-order chi connectivity index (χ0) is 20.5. The second-order valence-corrected chi connectivity index (χ2v) is 6.60. The van der Waals surface area contributed by atoms with Crippen molar-refractivity contribution in [3.63, 3.8) is 0 Å². The lowest BCUT2D eigenvalue weighted by Gasteiger charge is -2.29. The first-order chi connectivity index (χ1) is 14.1. The van der Waals surface area contributed by atoms with Crippen molar-refractivity contribution in [2.75, 3.05) is 20.8 Å².